The second-order valence-corrected chi connectivity index (χ2v) is 5.60. The third-order valence-electron chi connectivity index (χ3n) is 3.75. The van der Waals surface area contributed by atoms with Crippen molar-refractivity contribution in [2.45, 2.75) is 32.4 Å². The largest absolute Gasteiger partial charge is 0.496 e. The molecule has 3 rings (SSSR count). The van der Waals surface area contributed by atoms with E-state index in [0.717, 1.165) is 37.5 Å². The molecule has 0 bridgehead atoms. The van der Waals surface area contributed by atoms with Gasteiger partial charge in [-0.3, -0.25) is 4.79 Å². The van der Waals surface area contributed by atoms with Crippen LogP contribution in [-0.4, -0.2) is 27.8 Å². The number of hydrogen-bond acceptors (Lipinski definition) is 4. The third kappa shape index (κ3) is 2.92. The van der Waals surface area contributed by atoms with E-state index >= 15 is 0 Å². The number of aryl methyl sites for hydroxylation is 1. The Morgan fingerprint density at radius 3 is 3.09 bits per heavy atom. The second-order valence-electron chi connectivity index (χ2n) is 5.17. The molecular weight excluding hydrogens is 304 g/mol. The van der Waals surface area contributed by atoms with Crippen molar-refractivity contribution >= 4 is 17.5 Å². The van der Waals surface area contributed by atoms with Crippen LogP contribution in [0.4, 0.5) is 0 Å². The normalized spacial score (nSPS) is 13.5. The maximum atomic E-state index is 12.3. The van der Waals surface area contributed by atoms with Gasteiger partial charge in [0, 0.05) is 18.0 Å². The van der Waals surface area contributed by atoms with E-state index in [1.54, 1.807) is 18.2 Å². The highest BCUT2D eigenvalue weighted by Crippen LogP contribution is 2.22. The van der Waals surface area contributed by atoms with Gasteiger partial charge in [-0.25, -0.2) is 0 Å². The molecule has 1 aromatic carbocycles. The summed E-state index contributed by atoms with van der Waals surface area (Å²) in [5.74, 6) is 2.03. The van der Waals surface area contributed by atoms with Crippen LogP contribution in [0.3, 0.4) is 0 Å². The molecular formula is C15H17ClN4O2. The SMILES string of the molecule is COc1ccc(Cl)cc1C(=O)NCc1nnc2n1CCCC2. The molecule has 0 unspecified atom stereocenters. The summed E-state index contributed by atoms with van der Waals surface area (Å²) < 4.78 is 7.28. The maximum absolute atomic E-state index is 12.3. The molecule has 1 aromatic heterocycles. The highest BCUT2D eigenvalue weighted by Gasteiger charge is 2.17. The number of nitrogens with one attached hydrogen (secondary N) is 1. The fourth-order valence-electron chi connectivity index (χ4n) is 2.61. The summed E-state index contributed by atoms with van der Waals surface area (Å²) in [6.45, 7) is 1.25. The molecule has 22 heavy (non-hydrogen) atoms. The predicted molar refractivity (Wildman–Crippen MR) is 82.1 cm³/mol. The lowest BCUT2D eigenvalue weighted by atomic mass is 10.1. The molecule has 0 aliphatic carbocycles. The first-order chi connectivity index (χ1) is 10.7. The molecule has 2 aromatic rings. The molecule has 1 aliphatic heterocycles. The Balaban J connectivity index is 1.73. The molecule has 0 atom stereocenters. The van der Waals surface area contributed by atoms with Crippen molar-refractivity contribution in [2.24, 2.45) is 0 Å². The molecule has 2 heterocycles. The number of carbonyl (C=O) groups is 1. The average molecular weight is 321 g/mol. The summed E-state index contributed by atoms with van der Waals surface area (Å²) >= 11 is 5.95. The smallest absolute Gasteiger partial charge is 0.255 e. The number of halogens is 1. The molecule has 0 fully saturated rings. The van der Waals surface area contributed by atoms with Gasteiger partial charge < -0.3 is 14.6 Å². The molecule has 0 saturated carbocycles. The van der Waals surface area contributed by atoms with Crippen LogP contribution in [0, 0.1) is 0 Å². The Labute approximate surface area is 133 Å². The van der Waals surface area contributed by atoms with Crippen molar-refractivity contribution in [3.63, 3.8) is 0 Å². The minimum Gasteiger partial charge on any atom is -0.496 e. The zero-order valence-corrected chi connectivity index (χ0v) is 13.1. The standard InChI is InChI=1S/C15H17ClN4O2/c1-22-12-6-5-10(16)8-11(12)15(21)17-9-14-19-18-13-4-2-3-7-20(13)14/h5-6,8H,2-4,7,9H2,1H3,(H,17,21). The number of hydrogen-bond donors (Lipinski definition) is 1. The van der Waals surface area contributed by atoms with Gasteiger partial charge in [0.05, 0.1) is 19.2 Å². The second kappa shape index (κ2) is 6.36. The zero-order chi connectivity index (χ0) is 15.5. The zero-order valence-electron chi connectivity index (χ0n) is 12.3. The minimum atomic E-state index is -0.243. The van der Waals surface area contributed by atoms with E-state index in [-0.39, 0.29) is 5.91 Å². The van der Waals surface area contributed by atoms with E-state index < -0.39 is 0 Å². The van der Waals surface area contributed by atoms with E-state index in [1.807, 2.05) is 0 Å². The van der Waals surface area contributed by atoms with Crippen molar-refractivity contribution in [3.8, 4) is 5.75 Å². The molecule has 1 amide bonds. The number of methoxy groups -OCH3 is 1. The van der Waals surface area contributed by atoms with Gasteiger partial charge in [0.1, 0.15) is 11.6 Å². The molecule has 1 N–H and O–H groups in total. The van der Waals surface area contributed by atoms with Gasteiger partial charge in [-0.15, -0.1) is 10.2 Å². The number of amides is 1. The molecule has 0 spiro atoms. The van der Waals surface area contributed by atoms with E-state index in [0.29, 0.717) is 22.9 Å². The minimum absolute atomic E-state index is 0.243. The number of nitrogens with zero attached hydrogens (tertiary/aromatic N) is 3. The molecule has 7 heteroatoms. The van der Waals surface area contributed by atoms with E-state index in [1.165, 1.54) is 7.11 Å². The van der Waals surface area contributed by atoms with Crippen LogP contribution in [-0.2, 0) is 19.5 Å². The number of fused-ring (bicyclic) bond motifs is 1. The van der Waals surface area contributed by atoms with E-state index in [2.05, 4.69) is 20.1 Å². The van der Waals surface area contributed by atoms with Crippen LogP contribution in [0.25, 0.3) is 0 Å². The van der Waals surface area contributed by atoms with Gasteiger partial charge in [-0.05, 0) is 31.0 Å². The van der Waals surface area contributed by atoms with Crippen molar-refractivity contribution in [1.29, 1.82) is 0 Å². The third-order valence-corrected chi connectivity index (χ3v) is 3.98. The lowest BCUT2D eigenvalue weighted by Crippen LogP contribution is -2.26. The average Bonchev–Trinajstić information content (AvgIpc) is 2.96. The van der Waals surface area contributed by atoms with Crippen molar-refractivity contribution in [2.75, 3.05) is 7.11 Å². The Kier molecular flexibility index (Phi) is 4.29. The van der Waals surface area contributed by atoms with E-state index in [9.17, 15) is 4.79 Å². The number of carbonyl (C=O) groups excluding carboxylic acids is 1. The highest BCUT2D eigenvalue weighted by molar-refractivity contribution is 6.31. The predicted octanol–water partition coefficient (Wildman–Crippen LogP) is 2.21. The molecule has 1 aliphatic rings. The van der Waals surface area contributed by atoms with Crippen LogP contribution in [0.5, 0.6) is 5.75 Å². The summed E-state index contributed by atoms with van der Waals surface area (Å²) in [5, 5.41) is 11.7. The number of aromatic nitrogens is 3. The molecule has 0 radical (unpaired) electrons. The van der Waals surface area contributed by atoms with Gasteiger partial charge >= 0.3 is 0 Å². The molecule has 0 saturated heterocycles. The lowest BCUT2D eigenvalue weighted by Gasteiger charge is -2.15. The highest BCUT2D eigenvalue weighted by atomic mass is 35.5. The lowest BCUT2D eigenvalue weighted by molar-refractivity contribution is 0.0946. The maximum Gasteiger partial charge on any atom is 0.255 e. The Hall–Kier alpha value is -2.08. The quantitative estimate of drug-likeness (QED) is 0.937. The number of benzene rings is 1. The van der Waals surface area contributed by atoms with Crippen LogP contribution < -0.4 is 10.1 Å². The van der Waals surface area contributed by atoms with Crippen LogP contribution >= 0.6 is 11.6 Å². The topological polar surface area (TPSA) is 69.0 Å². The first kappa shape index (κ1) is 14.8. The van der Waals surface area contributed by atoms with Gasteiger partial charge in [0.25, 0.3) is 5.91 Å². The van der Waals surface area contributed by atoms with Crippen LogP contribution in [0.1, 0.15) is 34.8 Å². The first-order valence-corrected chi connectivity index (χ1v) is 7.59. The van der Waals surface area contributed by atoms with Gasteiger partial charge in [-0.1, -0.05) is 11.6 Å². The monoisotopic (exact) mass is 320 g/mol. The molecule has 116 valence electrons. The summed E-state index contributed by atoms with van der Waals surface area (Å²) in [6.07, 6.45) is 3.21. The number of rotatable bonds is 4. The summed E-state index contributed by atoms with van der Waals surface area (Å²) in [4.78, 5) is 12.3. The fraction of sp³-hybridized carbons (Fsp3) is 0.400. The summed E-state index contributed by atoms with van der Waals surface area (Å²) in [5.41, 5.74) is 0.411. The van der Waals surface area contributed by atoms with Crippen LogP contribution in [0.15, 0.2) is 18.2 Å². The Morgan fingerprint density at radius 2 is 2.27 bits per heavy atom. The first-order valence-electron chi connectivity index (χ1n) is 7.21. The van der Waals surface area contributed by atoms with Crippen molar-refractivity contribution in [1.82, 2.24) is 20.1 Å². The van der Waals surface area contributed by atoms with Gasteiger partial charge in [0.15, 0.2) is 5.82 Å². The van der Waals surface area contributed by atoms with Gasteiger partial charge in [-0.2, -0.15) is 0 Å². The van der Waals surface area contributed by atoms with Crippen molar-refractivity contribution in [3.05, 3.63) is 40.4 Å². The molecule has 6 nitrogen and oxygen atoms in total. The van der Waals surface area contributed by atoms with Gasteiger partial charge in [0.2, 0.25) is 0 Å². The Bertz CT molecular complexity index is 699. The van der Waals surface area contributed by atoms with E-state index in [4.69, 9.17) is 16.3 Å². The summed E-state index contributed by atoms with van der Waals surface area (Å²) in [7, 11) is 1.52. The summed E-state index contributed by atoms with van der Waals surface area (Å²) in [6, 6.07) is 4.96. The number of ether oxygens (including phenoxy) is 1. The van der Waals surface area contributed by atoms with Crippen LogP contribution in [0.2, 0.25) is 5.02 Å². The fourth-order valence-corrected chi connectivity index (χ4v) is 2.78. The Morgan fingerprint density at radius 1 is 1.41 bits per heavy atom. The van der Waals surface area contributed by atoms with Crippen molar-refractivity contribution < 1.29 is 9.53 Å².